The number of aliphatic hydroxyl groups excluding tert-OH is 1. The Kier molecular flexibility index (Phi) is 3.72. The summed E-state index contributed by atoms with van der Waals surface area (Å²) in [5.41, 5.74) is 1.48. The Morgan fingerprint density at radius 1 is 1.29 bits per heavy atom. The molecule has 1 heterocycles. The Labute approximate surface area is 136 Å². The van der Waals surface area contributed by atoms with Gasteiger partial charge in [0.1, 0.15) is 17.4 Å². The molecule has 0 atom stereocenters. The maximum atomic E-state index is 10.9. The fourth-order valence-corrected chi connectivity index (χ4v) is 2.49. The molecule has 118 valence electrons. The molecular weight excluding hydrogens is 308 g/mol. The normalized spacial score (nSPS) is 11.8. The average molecular weight is 320 g/mol. The molecule has 0 saturated heterocycles. The minimum absolute atomic E-state index is 0.0470. The van der Waals surface area contributed by atoms with E-state index in [-0.39, 0.29) is 22.6 Å². The number of hydrogen-bond donors (Lipinski definition) is 1. The van der Waals surface area contributed by atoms with E-state index in [0.29, 0.717) is 11.3 Å². The number of allylic oxidation sites excluding steroid dienone is 1. The van der Waals surface area contributed by atoms with Crippen LogP contribution in [0, 0.1) is 21.4 Å². The van der Waals surface area contributed by atoms with E-state index in [2.05, 4.69) is 4.98 Å². The maximum Gasteiger partial charge on any atom is 0.270 e. The Morgan fingerprint density at radius 3 is 2.71 bits per heavy atom. The van der Waals surface area contributed by atoms with Crippen LogP contribution in [0.1, 0.15) is 11.4 Å². The molecule has 0 aliphatic rings. The number of fused-ring (bicyclic) bond motifs is 1. The van der Waals surface area contributed by atoms with Crippen molar-refractivity contribution in [2.75, 3.05) is 0 Å². The van der Waals surface area contributed by atoms with Gasteiger partial charge < -0.3 is 9.67 Å². The Hall–Kier alpha value is -3.66. The quantitative estimate of drug-likeness (QED) is 0.344. The number of aromatic nitrogens is 2. The lowest BCUT2D eigenvalue weighted by molar-refractivity contribution is -0.384. The van der Waals surface area contributed by atoms with E-state index in [1.54, 1.807) is 17.7 Å². The summed E-state index contributed by atoms with van der Waals surface area (Å²) < 4.78 is 1.70. The lowest BCUT2D eigenvalue weighted by Gasteiger charge is -2.05. The number of nitro benzene ring substituents is 1. The van der Waals surface area contributed by atoms with Gasteiger partial charge in [-0.3, -0.25) is 10.1 Å². The van der Waals surface area contributed by atoms with E-state index in [9.17, 15) is 20.5 Å². The number of non-ortho nitro benzene ring substituents is 1. The highest BCUT2D eigenvalue weighted by Gasteiger charge is 2.18. The first-order valence-electron chi connectivity index (χ1n) is 7.03. The fraction of sp³-hybridized carbons (Fsp3) is 0.0588. The highest BCUT2D eigenvalue weighted by atomic mass is 16.6. The highest BCUT2D eigenvalue weighted by molar-refractivity contribution is 5.94. The van der Waals surface area contributed by atoms with Crippen LogP contribution in [0.4, 0.5) is 5.69 Å². The van der Waals surface area contributed by atoms with Crippen LogP contribution in [0.5, 0.6) is 0 Å². The van der Waals surface area contributed by atoms with Gasteiger partial charge in [0.25, 0.3) is 5.69 Å². The predicted octanol–water partition coefficient (Wildman–Crippen LogP) is 3.43. The molecule has 1 N–H and O–H groups in total. The highest BCUT2D eigenvalue weighted by Crippen LogP contribution is 2.27. The van der Waals surface area contributed by atoms with Crippen LogP contribution in [0.15, 0.2) is 48.5 Å². The van der Waals surface area contributed by atoms with Crippen molar-refractivity contribution < 1.29 is 10.0 Å². The Balaban J connectivity index is 2.21. The van der Waals surface area contributed by atoms with Crippen molar-refractivity contribution >= 4 is 28.1 Å². The molecule has 0 saturated carbocycles. The van der Waals surface area contributed by atoms with Crippen LogP contribution in [0.3, 0.4) is 0 Å². The summed E-state index contributed by atoms with van der Waals surface area (Å²) in [7, 11) is 1.74. The SMILES string of the molecule is Cn1c(/C(C#N)=C(\O)c2cccc([N+](=O)[O-])c2)nc2ccccc21. The van der Waals surface area contributed by atoms with Crippen molar-refractivity contribution in [1.82, 2.24) is 9.55 Å². The second-order valence-corrected chi connectivity index (χ2v) is 5.13. The zero-order valence-corrected chi connectivity index (χ0v) is 12.7. The molecule has 2 aromatic carbocycles. The maximum absolute atomic E-state index is 10.9. The topological polar surface area (TPSA) is 105 Å². The van der Waals surface area contributed by atoms with Crippen molar-refractivity contribution in [3.8, 4) is 6.07 Å². The van der Waals surface area contributed by atoms with Gasteiger partial charge in [-0.1, -0.05) is 24.3 Å². The number of nitro groups is 1. The average Bonchev–Trinajstić information content (AvgIpc) is 2.93. The predicted molar refractivity (Wildman–Crippen MR) is 88.9 cm³/mol. The van der Waals surface area contributed by atoms with Crippen LogP contribution in [-0.4, -0.2) is 19.6 Å². The van der Waals surface area contributed by atoms with E-state index in [1.165, 1.54) is 24.3 Å². The second-order valence-electron chi connectivity index (χ2n) is 5.13. The number of para-hydroxylation sites is 2. The molecule has 7 nitrogen and oxygen atoms in total. The minimum atomic E-state index is -0.558. The van der Waals surface area contributed by atoms with E-state index in [1.807, 2.05) is 24.3 Å². The van der Waals surface area contributed by atoms with Gasteiger partial charge in [0.05, 0.1) is 16.0 Å². The molecule has 1 aromatic heterocycles. The first kappa shape index (κ1) is 15.2. The van der Waals surface area contributed by atoms with Gasteiger partial charge in [-0.25, -0.2) is 4.98 Å². The van der Waals surface area contributed by atoms with Gasteiger partial charge in [0.15, 0.2) is 5.82 Å². The molecule has 0 amide bonds. The molecule has 24 heavy (non-hydrogen) atoms. The fourth-order valence-electron chi connectivity index (χ4n) is 2.49. The van der Waals surface area contributed by atoms with Crippen molar-refractivity contribution in [3.05, 3.63) is 70.0 Å². The van der Waals surface area contributed by atoms with Gasteiger partial charge in [-0.2, -0.15) is 5.26 Å². The Morgan fingerprint density at radius 2 is 2.04 bits per heavy atom. The third kappa shape index (κ3) is 2.46. The van der Waals surface area contributed by atoms with Crippen molar-refractivity contribution in [3.63, 3.8) is 0 Å². The number of hydrogen-bond acceptors (Lipinski definition) is 5. The van der Waals surface area contributed by atoms with E-state index >= 15 is 0 Å². The van der Waals surface area contributed by atoms with E-state index < -0.39 is 4.92 Å². The summed E-state index contributed by atoms with van der Waals surface area (Å²) in [6.45, 7) is 0. The lowest BCUT2D eigenvalue weighted by atomic mass is 10.1. The molecule has 3 rings (SSSR count). The number of nitriles is 1. The molecule has 0 aliphatic heterocycles. The summed E-state index contributed by atoms with van der Waals surface area (Å²) in [6, 6.07) is 14.8. The second kappa shape index (κ2) is 5.85. The van der Waals surface area contributed by atoms with E-state index in [0.717, 1.165) is 5.52 Å². The molecule has 0 fully saturated rings. The monoisotopic (exact) mass is 320 g/mol. The standard InChI is InChI=1S/C17H12N4O3/c1-20-15-8-3-2-7-14(15)19-17(20)13(10-18)16(22)11-5-4-6-12(9-11)21(23)24/h2-9,22H,1H3/b16-13-. The van der Waals surface area contributed by atoms with Crippen molar-refractivity contribution in [1.29, 1.82) is 5.26 Å². The van der Waals surface area contributed by atoms with Gasteiger partial charge in [-0.05, 0) is 12.1 Å². The number of benzene rings is 2. The van der Waals surface area contributed by atoms with Crippen LogP contribution in [0.25, 0.3) is 22.4 Å². The number of aryl methyl sites for hydroxylation is 1. The largest absolute Gasteiger partial charge is 0.506 e. The molecular formula is C17H12N4O3. The zero-order chi connectivity index (χ0) is 17.3. The van der Waals surface area contributed by atoms with Crippen molar-refractivity contribution in [2.45, 2.75) is 0 Å². The van der Waals surface area contributed by atoms with Gasteiger partial charge >= 0.3 is 0 Å². The molecule has 0 unspecified atom stereocenters. The number of imidazole rings is 1. The summed E-state index contributed by atoms with van der Waals surface area (Å²) in [5, 5.41) is 30.8. The van der Waals surface area contributed by atoms with E-state index in [4.69, 9.17) is 0 Å². The third-order valence-electron chi connectivity index (χ3n) is 3.69. The molecule has 0 spiro atoms. The summed E-state index contributed by atoms with van der Waals surface area (Å²) in [4.78, 5) is 14.7. The molecule has 0 radical (unpaired) electrons. The summed E-state index contributed by atoms with van der Waals surface area (Å²) >= 11 is 0. The van der Waals surface area contributed by atoms with Gasteiger partial charge in [0, 0.05) is 24.7 Å². The number of rotatable bonds is 3. The lowest BCUT2D eigenvalue weighted by Crippen LogP contribution is -1.99. The van der Waals surface area contributed by atoms with Crippen LogP contribution < -0.4 is 0 Å². The first-order chi connectivity index (χ1) is 11.5. The summed E-state index contributed by atoms with van der Waals surface area (Å²) in [6.07, 6.45) is 0. The minimum Gasteiger partial charge on any atom is -0.506 e. The number of nitrogens with zero attached hydrogens (tertiary/aromatic N) is 4. The van der Waals surface area contributed by atoms with Crippen LogP contribution in [-0.2, 0) is 7.05 Å². The first-order valence-corrected chi connectivity index (χ1v) is 7.03. The molecule has 0 bridgehead atoms. The summed E-state index contributed by atoms with van der Waals surface area (Å²) in [5.74, 6) is -0.0534. The molecule has 0 aliphatic carbocycles. The molecule has 7 heteroatoms. The van der Waals surface area contributed by atoms with Gasteiger partial charge in [-0.15, -0.1) is 0 Å². The van der Waals surface area contributed by atoms with Crippen LogP contribution >= 0.6 is 0 Å². The van der Waals surface area contributed by atoms with Gasteiger partial charge in [0.2, 0.25) is 0 Å². The smallest absolute Gasteiger partial charge is 0.270 e. The third-order valence-corrected chi connectivity index (χ3v) is 3.69. The van der Waals surface area contributed by atoms with Crippen molar-refractivity contribution in [2.24, 2.45) is 7.05 Å². The molecule has 3 aromatic rings. The number of aliphatic hydroxyl groups is 1. The Bertz CT molecular complexity index is 1030. The van der Waals surface area contributed by atoms with Crippen LogP contribution in [0.2, 0.25) is 0 Å². The zero-order valence-electron chi connectivity index (χ0n) is 12.7.